The minimum atomic E-state index is -0.398. The lowest BCUT2D eigenvalue weighted by Gasteiger charge is -2.16. The molecule has 0 saturated carbocycles. The molecule has 0 aliphatic heterocycles. The van der Waals surface area contributed by atoms with E-state index in [1.165, 1.54) is 7.11 Å². The van der Waals surface area contributed by atoms with Crippen LogP contribution in [-0.2, 0) is 9.53 Å². The molecule has 152 valence electrons. The van der Waals surface area contributed by atoms with Crippen LogP contribution in [0.25, 0.3) is 11.1 Å². The van der Waals surface area contributed by atoms with E-state index in [0.717, 1.165) is 47.3 Å². The molecular formula is C23H30ClNO3. The van der Waals surface area contributed by atoms with Crippen molar-refractivity contribution in [3.8, 4) is 16.9 Å². The third-order valence-corrected chi connectivity index (χ3v) is 4.51. The fourth-order valence-electron chi connectivity index (χ4n) is 3.01. The minimum Gasteiger partial charge on any atom is -0.493 e. The number of nitrogens with two attached hydrogens (primary N) is 1. The first-order valence-corrected chi connectivity index (χ1v) is 9.32. The molecule has 4 nitrogen and oxygen atoms in total. The van der Waals surface area contributed by atoms with Crippen LogP contribution in [0.4, 0.5) is 0 Å². The second-order valence-electron chi connectivity index (χ2n) is 6.59. The number of esters is 1. The minimum absolute atomic E-state index is 0. The van der Waals surface area contributed by atoms with Crippen LogP contribution < -0.4 is 10.5 Å². The Morgan fingerprint density at radius 2 is 1.96 bits per heavy atom. The summed E-state index contributed by atoms with van der Waals surface area (Å²) < 4.78 is 10.8. The maximum atomic E-state index is 11.5. The second kappa shape index (κ2) is 12.2. The fraction of sp³-hybridized carbons (Fsp3) is 0.348. The van der Waals surface area contributed by atoms with Crippen LogP contribution in [0.15, 0.2) is 55.1 Å². The Balaban J connectivity index is 0.00000392. The highest BCUT2D eigenvalue weighted by Gasteiger charge is 2.15. The highest BCUT2D eigenvalue weighted by Crippen LogP contribution is 2.34. The molecule has 0 spiro atoms. The number of aryl methyl sites for hydroxylation is 1. The number of halogens is 1. The molecule has 2 rings (SSSR count). The summed E-state index contributed by atoms with van der Waals surface area (Å²) in [7, 11) is 1.37. The summed E-state index contributed by atoms with van der Waals surface area (Å²) in [6, 6.07) is 13.6. The Labute approximate surface area is 174 Å². The van der Waals surface area contributed by atoms with Gasteiger partial charge in [0.05, 0.1) is 20.1 Å². The first kappa shape index (κ1) is 23.7. The molecular weight excluding hydrogens is 374 g/mol. The van der Waals surface area contributed by atoms with E-state index in [1.807, 2.05) is 42.5 Å². The van der Waals surface area contributed by atoms with E-state index in [-0.39, 0.29) is 24.8 Å². The molecule has 0 radical (unpaired) electrons. The summed E-state index contributed by atoms with van der Waals surface area (Å²) in [5, 5.41) is 0. The molecule has 0 amide bonds. The van der Waals surface area contributed by atoms with Gasteiger partial charge in [-0.15, -0.1) is 19.0 Å². The molecule has 0 unspecified atom stereocenters. The number of hydrogen-bond donors (Lipinski definition) is 1. The average Bonchev–Trinajstić information content (AvgIpc) is 2.67. The van der Waals surface area contributed by atoms with Crippen LogP contribution in [0.5, 0.6) is 5.75 Å². The molecule has 2 aromatic rings. The molecule has 0 fully saturated rings. The topological polar surface area (TPSA) is 61.5 Å². The van der Waals surface area contributed by atoms with E-state index < -0.39 is 6.04 Å². The lowest BCUT2D eigenvalue weighted by molar-refractivity contribution is -0.141. The molecule has 28 heavy (non-hydrogen) atoms. The fourth-order valence-corrected chi connectivity index (χ4v) is 3.01. The lowest BCUT2D eigenvalue weighted by Crippen LogP contribution is -2.16. The van der Waals surface area contributed by atoms with Crippen molar-refractivity contribution in [2.45, 2.75) is 38.6 Å². The van der Waals surface area contributed by atoms with Gasteiger partial charge >= 0.3 is 5.97 Å². The predicted octanol–water partition coefficient (Wildman–Crippen LogP) is 5.38. The number of benzene rings is 2. The quantitative estimate of drug-likeness (QED) is 0.328. The van der Waals surface area contributed by atoms with Gasteiger partial charge in [-0.05, 0) is 55.0 Å². The second-order valence-corrected chi connectivity index (χ2v) is 6.59. The van der Waals surface area contributed by atoms with E-state index in [1.54, 1.807) is 0 Å². The zero-order chi connectivity index (χ0) is 19.6. The number of hydrogen-bond acceptors (Lipinski definition) is 4. The third-order valence-electron chi connectivity index (χ3n) is 4.51. The molecule has 0 heterocycles. The Hall–Kier alpha value is -2.30. The Kier molecular flexibility index (Phi) is 10.4. The Morgan fingerprint density at radius 1 is 1.21 bits per heavy atom. The summed E-state index contributed by atoms with van der Waals surface area (Å²) in [4.78, 5) is 11.5. The molecule has 0 aliphatic rings. The largest absolute Gasteiger partial charge is 0.493 e. The summed E-state index contributed by atoms with van der Waals surface area (Å²) in [5.41, 5.74) is 10.3. The van der Waals surface area contributed by atoms with Crippen LogP contribution in [0, 0.1) is 6.92 Å². The lowest BCUT2D eigenvalue weighted by atomic mass is 9.95. The Morgan fingerprint density at radius 3 is 2.68 bits per heavy atom. The number of rotatable bonds is 10. The van der Waals surface area contributed by atoms with Gasteiger partial charge in [-0.3, -0.25) is 4.79 Å². The van der Waals surface area contributed by atoms with Crippen molar-refractivity contribution in [2.24, 2.45) is 5.73 Å². The number of ether oxygens (including phenoxy) is 2. The first-order chi connectivity index (χ1) is 13.1. The summed E-state index contributed by atoms with van der Waals surface area (Å²) >= 11 is 0. The monoisotopic (exact) mass is 403 g/mol. The number of allylic oxidation sites excluding steroid dienone is 1. The smallest absolute Gasteiger partial charge is 0.307 e. The van der Waals surface area contributed by atoms with Crippen molar-refractivity contribution < 1.29 is 14.3 Å². The number of unbranched alkanes of at least 4 members (excludes halogenated alkanes) is 2. The molecule has 2 N–H and O–H groups in total. The van der Waals surface area contributed by atoms with Crippen LogP contribution in [-0.4, -0.2) is 19.7 Å². The zero-order valence-corrected chi connectivity index (χ0v) is 17.5. The van der Waals surface area contributed by atoms with E-state index in [9.17, 15) is 4.79 Å². The van der Waals surface area contributed by atoms with Crippen LogP contribution in [0.3, 0.4) is 0 Å². The number of carbonyl (C=O) groups excluding carboxylic acids is 1. The van der Waals surface area contributed by atoms with Crippen LogP contribution in [0.2, 0.25) is 0 Å². The van der Waals surface area contributed by atoms with E-state index in [2.05, 4.69) is 19.6 Å². The van der Waals surface area contributed by atoms with Gasteiger partial charge in [0.25, 0.3) is 0 Å². The standard InChI is InChI=1S/C23H29NO3.ClH/c1-4-5-6-7-14-27-21-13-8-10-17(2)23(21)19-12-9-11-18(15-19)20(24)16-22(25)26-3;/h4,8-13,15,20H,1,5-7,14,16,24H2,2-3H3;1H/t20-;/m0./s1. The van der Waals surface area contributed by atoms with Gasteiger partial charge in [0.15, 0.2) is 0 Å². The van der Waals surface area contributed by atoms with Gasteiger partial charge in [-0.2, -0.15) is 0 Å². The highest BCUT2D eigenvalue weighted by atomic mass is 35.5. The maximum absolute atomic E-state index is 11.5. The van der Waals surface area contributed by atoms with Crippen LogP contribution >= 0.6 is 12.4 Å². The van der Waals surface area contributed by atoms with Gasteiger partial charge in [0, 0.05) is 11.6 Å². The van der Waals surface area contributed by atoms with E-state index in [4.69, 9.17) is 15.2 Å². The molecule has 0 aliphatic carbocycles. The third kappa shape index (κ3) is 6.70. The van der Waals surface area contributed by atoms with E-state index in [0.29, 0.717) is 6.61 Å². The molecule has 2 aromatic carbocycles. The van der Waals surface area contributed by atoms with Crippen molar-refractivity contribution >= 4 is 18.4 Å². The van der Waals surface area contributed by atoms with Crippen molar-refractivity contribution in [2.75, 3.05) is 13.7 Å². The van der Waals surface area contributed by atoms with E-state index >= 15 is 0 Å². The number of carbonyl (C=O) groups is 1. The van der Waals surface area contributed by atoms with Gasteiger partial charge in [-0.25, -0.2) is 0 Å². The van der Waals surface area contributed by atoms with Crippen molar-refractivity contribution in [1.82, 2.24) is 0 Å². The van der Waals surface area contributed by atoms with Gasteiger partial charge in [-0.1, -0.05) is 36.4 Å². The van der Waals surface area contributed by atoms with Crippen molar-refractivity contribution in [3.63, 3.8) is 0 Å². The molecule has 0 aromatic heterocycles. The predicted molar refractivity (Wildman–Crippen MR) is 117 cm³/mol. The first-order valence-electron chi connectivity index (χ1n) is 9.32. The van der Waals surface area contributed by atoms with Crippen LogP contribution in [0.1, 0.15) is 42.9 Å². The SMILES string of the molecule is C=CCCCCOc1cccc(C)c1-c1cccc([C@@H](N)CC(=O)OC)c1.Cl. The normalized spacial score (nSPS) is 11.2. The summed E-state index contributed by atoms with van der Waals surface area (Å²) in [5.74, 6) is 0.555. The highest BCUT2D eigenvalue weighted by molar-refractivity contribution is 5.85. The average molecular weight is 404 g/mol. The van der Waals surface area contributed by atoms with Crippen molar-refractivity contribution in [3.05, 3.63) is 66.2 Å². The Bertz CT molecular complexity index is 776. The number of methoxy groups -OCH3 is 1. The zero-order valence-electron chi connectivity index (χ0n) is 16.6. The van der Waals surface area contributed by atoms with Gasteiger partial charge < -0.3 is 15.2 Å². The van der Waals surface area contributed by atoms with Crippen molar-refractivity contribution in [1.29, 1.82) is 0 Å². The summed E-state index contributed by atoms with van der Waals surface area (Å²) in [6.07, 6.45) is 5.15. The molecule has 0 bridgehead atoms. The molecule has 0 saturated heterocycles. The molecule has 5 heteroatoms. The molecule has 1 atom stereocenters. The maximum Gasteiger partial charge on any atom is 0.307 e. The summed E-state index contributed by atoms with van der Waals surface area (Å²) in [6.45, 7) is 6.49. The van der Waals surface area contributed by atoms with Gasteiger partial charge in [0.2, 0.25) is 0 Å². The van der Waals surface area contributed by atoms with Gasteiger partial charge in [0.1, 0.15) is 5.75 Å².